The molecule has 100 valence electrons. The fourth-order valence-electron chi connectivity index (χ4n) is 2.21. The summed E-state index contributed by atoms with van der Waals surface area (Å²) in [6.07, 6.45) is 6.16. The Kier molecular flexibility index (Phi) is 6.52. The highest BCUT2D eigenvalue weighted by Gasteiger charge is 2.19. The lowest BCUT2D eigenvalue weighted by atomic mass is 10.2. The van der Waals surface area contributed by atoms with Crippen molar-refractivity contribution in [3.05, 3.63) is 0 Å². The third-order valence-electron chi connectivity index (χ3n) is 3.34. The van der Waals surface area contributed by atoms with Gasteiger partial charge in [-0.3, -0.25) is 4.79 Å². The van der Waals surface area contributed by atoms with Crippen LogP contribution < -0.4 is 10.6 Å². The number of aliphatic hydroxyl groups excluding tert-OH is 1. The second-order valence-corrected chi connectivity index (χ2v) is 5.16. The molecule has 0 heterocycles. The second kappa shape index (κ2) is 7.67. The summed E-state index contributed by atoms with van der Waals surface area (Å²) in [5, 5.41) is 15.4. The Balaban J connectivity index is 2.09. The Hall–Kier alpha value is -0.610. The zero-order valence-corrected chi connectivity index (χ0v) is 11.0. The average Bonchev–Trinajstić information content (AvgIpc) is 2.76. The number of hydrogen-bond acceptors (Lipinski definition) is 3. The molecule has 0 saturated heterocycles. The molecular weight excluding hydrogens is 216 g/mol. The zero-order chi connectivity index (χ0) is 12.7. The van der Waals surface area contributed by atoms with Crippen LogP contribution in [0.3, 0.4) is 0 Å². The van der Waals surface area contributed by atoms with Crippen molar-refractivity contribution in [2.24, 2.45) is 0 Å². The number of aliphatic hydroxyl groups is 1. The maximum atomic E-state index is 11.8. The molecule has 0 aromatic carbocycles. The second-order valence-electron chi connectivity index (χ2n) is 5.16. The van der Waals surface area contributed by atoms with Gasteiger partial charge in [0.25, 0.3) is 0 Å². The molecule has 0 aromatic rings. The lowest BCUT2D eigenvalue weighted by molar-refractivity contribution is -0.123. The van der Waals surface area contributed by atoms with E-state index < -0.39 is 0 Å². The van der Waals surface area contributed by atoms with E-state index in [1.54, 1.807) is 6.92 Å². The summed E-state index contributed by atoms with van der Waals surface area (Å²) < 4.78 is 0. The van der Waals surface area contributed by atoms with Gasteiger partial charge in [0.15, 0.2) is 0 Å². The number of amides is 1. The van der Waals surface area contributed by atoms with Gasteiger partial charge >= 0.3 is 0 Å². The Morgan fingerprint density at radius 3 is 2.59 bits per heavy atom. The van der Waals surface area contributed by atoms with Gasteiger partial charge in [0.05, 0.1) is 12.1 Å². The molecule has 0 radical (unpaired) electrons. The number of hydrogen-bond donors (Lipinski definition) is 3. The third kappa shape index (κ3) is 6.03. The molecule has 0 aliphatic heterocycles. The summed E-state index contributed by atoms with van der Waals surface area (Å²) in [5.74, 6) is 0.106. The fraction of sp³-hybridized carbons (Fsp3) is 0.923. The Morgan fingerprint density at radius 1 is 1.35 bits per heavy atom. The van der Waals surface area contributed by atoms with E-state index in [4.69, 9.17) is 5.11 Å². The summed E-state index contributed by atoms with van der Waals surface area (Å²) in [6.45, 7) is 4.47. The van der Waals surface area contributed by atoms with E-state index in [0.717, 1.165) is 32.2 Å². The lowest BCUT2D eigenvalue weighted by Gasteiger charge is -2.17. The van der Waals surface area contributed by atoms with Gasteiger partial charge in [-0.2, -0.15) is 0 Å². The molecule has 1 amide bonds. The number of nitrogens with one attached hydrogen (secondary N) is 2. The van der Waals surface area contributed by atoms with Crippen LogP contribution >= 0.6 is 0 Å². The van der Waals surface area contributed by atoms with Crippen molar-refractivity contribution in [2.45, 2.75) is 70.6 Å². The quantitative estimate of drug-likeness (QED) is 0.588. The van der Waals surface area contributed by atoms with E-state index in [9.17, 15) is 4.79 Å². The lowest BCUT2D eigenvalue weighted by Crippen LogP contribution is -2.45. The first kappa shape index (κ1) is 14.5. The minimum Gasteiger partial charge on any atom is -0.393 e. The predicted octanol–water partition coefficient (Wildman–Crippen LogP) is 1.18. The van der Waals surface area contributed by atoms with Crippen LogP contribution in [-0.2, 0) is 4.79 Å². The summed E-state index contributed by atoms with van der Waals surface area (Å²) in [4.78, 5) is 11.8. The van der Waals surface area contributed by atoms with Crippen molar-refractivity contribution in [3.63, 3.8) is 0 Å². The molecule has 2 unspecified atom stereocenters. The molecule has 0 spiro atoms. The van der Waals surface area contributed by atoms with Crippen LogP contribution in [-0.4, -0.2) is 35.7 Å². The molecule has 1 saturated carbocycles. The topological polar surface area (TPSA) is 61.4 Å². The zero-order valence-electron chi connectivity index (χ0n) is 11.0. The largest absolute Gasteiger partial charge is 0.393 e. The highest BCUT2D eigenvalue weighted by molar-refractivity contribution is 5.81. The van der Waals surface area contributed by atoms with Crippen LogP contribution in [0.25, 0.3) is 0 Å². The molecule has 2 atom stereocenters. The predicted molar refractivity (Wildman–Crippen MR) is 68.8 cm³/mol. The van der Waals surface area contributed by atoms with Crippen molar-refractivity contribution in [3.8, 4) is 0 Å². The monoisotopic (exact) mass is 242 g/mol. The van der Waals surface area contributed by atoms with Crippen LogP contribution in [0.4, 0.5) is 0 Å². The molecule has 4 heteroatoms. The first-order valence-electron chi connectivity index (χ1n) is 6.81. The molecule has 1 rings (SSSR count). The van der Waals surface area contributed by atoms with Crippen molar-refractivity contribution in [2.75, 3.05) is 6.54 Å². The number of carbonyl (C=O) groups excluding carboxylic acids is 1. The molecule has 4 nitrogen and oxygen atoms in total. The summed E-state index contributed by atoms with van der Waals surface area (Å²) in [5.41, 5.74) is 0. The van der Waals surface area contributed by atoms with Crippen molar-refractivity contribution in [1.82, 2.24) is 10.6 Å². The molecule has 3 N–H and O–H groups in total. The van der Waals surface area contributed by atoms with Crippen LogP contribution in [0.1, 0.15) is 52.4 Å². The summed E-state index contributed by atoms with van der Waals surface area (Å²) >= 11 is 0. The number of carbonyl (C=O) groups is 1. The average molecular weight is 242 g/mol. The maximum absolute atomic E-state index is 11.8. The smallest absolute Gasteiger partial charge is 0.237 e. The van der Waals surface area contributed by atoms with Crippen LogP contribution in [0, 0.1) is 0 Å². The summed E-state index contributed by atoms with van der Waals surface area (Å²) in [6, 6.07) is 0.258. The highest BCUT2D eigenvalue weighted by atomic mass is 16.3. The van der Waals surface area contributed by atoms with Gasteiger partial charge < -0.3 is 15.7 Å². The van der Waals surface area contributed by atoms with Gasteiger partial charge in [0.2, 0.25) is 5.91 Å². The molecular formula is C13H26N2O2. The molecule has 1 fully saturated rings. The van der Waals surface area contributed by atoms with Gasteiger partial charge in [0.1, 0.15) is 0 Å². The van der Waals surface area contributed by atoms with Crippen molar-refractivity contribution >= 4 is 5.91 Å². The van der Waals surface area contributed by atoms with Crippen LogP contribution in [0.5, 0.6) is 0 Å². The number of rotatable bonds is 7. The van der Waals surface area contributed by atoms with Gasteiger partial charge in [-0.25, -0.2) is 0 Å². The molecule has 1 aliphatic rings. The van der Waals surface area contributed by atoms with Gasteiger partial charge in [0, 0.05) is 6.04 Å². The van der Waals surface area contributed by atoms with E-state index in [1.165, 1.54) is 12.8 Å². The van der Waals surface area contributed by atoms with E-state index in [-0.39, 0.29) is 18.1 Å². The first-order chi connectivity index (χ1) is 8.09. The van der Waals surface area contributed by atoms with Gasteiger partial charge in [-0.05, 0) is 46.1 Å². The minimum absolute atomic E-state index is 0.106. The fourth-order valence-corrected chi connectivity index (χ4v) is 2.21. The van der Waals surface area contributed by atoms with E-state index in [1.807, 2.05) is 6.92 Å². The molecule has 0 bridgehead atoms. The normalized spacial score (nSPS) is 20.2. The first-order valence-corrected chi connectivity index (χ1v) is 6.81. The standard InChI is InChI=1S/C13H26N2O2/c1-10(16)6-5-9-14-11(2)13(17)15-12-7-3-4-8-12/h10-12,14,16H,3-9H2,1-2H3,(H,15,17). The Morgan fingerprint density at radius 2 is 2.00 bits per heavy atom. The highest BCUT2D eigenvalue weighted by Crippen LogP contribution is 2.17. The van der Waals surface area contributed by atoms with Gasteiger partial charge in [-0.1, -0.05) is 12.8 Å². The van der Waals surface area contributed by atoms with E-state index >= 15 is 0 Å². The Bertz CT molecular complexity index is 225. The Labute approximate surface area is 104 Å². The molecule has 0 aromatic heterocycles. The molecule has 17 heavy (non-hydrogen) atoms. The summed E-state index contributed by atoms with van der Waals surface area (Å²) in [7, 11) is 0. The van der Waals surface area contributed by atoms with Crippen LogP contribution in [0.15, 0.2) is 0 Å². The van der Waals surface area contributed by atoms with Gasteiger partial charge in [-0.15, -0.1) is 0 Å². The van der Waals surface area contributed by atoms with Crippen molar-refractivity contribution in [1.29, 1.82) is 0 Å². The minimum atomic E-state index is -0.251. The maximum Gasteiger partial charge on any atom is 0.237 e. The third-order valence-corrected chi connectivity index (χ3v) is 3.34. The SMILES string of the molecule is CC(O)CCCNC(C)C(=O)NC1CCCC1. The van der Waals surface area contributed by atoms with E-state index in [2.05, 4.69) is 10.6 Å². The van der Waals surface area contributed by atoms with E-state index in [0.29, 0.717) is 6.04 Å². The van der Waals surface area contributed by atoms with Crippen molar-refractivity contribution < 1.29 is 9.90 Å². The molecule has 1 aliphatic carbocycles. The van der Waals surface area contributed by atoms with Crippen LogP contribution in [0.2, 0.25) is 0 Å².